The number of ether oxygens (including phenoxy) is 1. The molecule has 1 amide bonds. The number of carbonyl (C=O) groups excluding carboxylic acids is 1. The van der Waals surface area contributed by atoms with E-state index in [4.69, 9.17) is 4.74 Å². The molecule has 3 heteroatoms. The molecule has 0 unspecified atom stereocenters. The molecule has 0 saturated heterocycles. The first-order valence-corrected chi connectivity index (χ1v) is 6.59. The Morgan fingerprint density at radius 2 is 2.21 bits per heavy atom. The molecule has 0 atom stereocenters. The molecule has 0 fully saturated rings. The Balaban J connectivity index is 1.98. The summed E-state index contributed by atoms with van der Waals surface area (Å²) in [5.41, 5.74) is 2.03. The van der Waals surface area contributed by atoms with Crippen molar-refractivity contribution in [2.75, 3.05) is 13.1 Å². The van der Waals surface area contributed by atoms with Crippen LogP contribution in [0.25, 0.3) is 5.57 Å². The molecule has 101 valence electrons. The van der Waals surface area contributed by atoms with Crippen LogP contribution in [0.1, 0.15) is 32.8 Å². The molecular weight excluding hydrogens is 238 g/mol. The van der Waals surface area contributed by atoms with Crippen LogP contribution in [0, 0.1) is 6.07 Å². The van der Waals surface area contributed by atoms with Crippen molar-refractivity contribution < 1.29 is 9.53 Å². The van der Waals surface area contributed by atoms with Crippen molar-refractivity contribution in [2.45, 2.75) is 32.8 Å². The summed E-state index contributed by atoms with van der Waals surface area (Å²) in [6.45, 7) is 6.97. The Hall–Kier alpha value is -1.77. The molecule has 0 saturated carbocycles. The highest BCUT2D eigenvalue weighted by molar-refractivity contribution is 5.72. The van der Waals surface area contributed by atoms with Gasteiger partial charge in [-0.25, -0.2) is 4.79 Å². The maximum absolute atomic E-state index is 11.9. The third-order valence-electron chi connectivity index (χ3n) is 2.94. The maximum Gasteiger partial charge on any atom is 0.410 e. The Labute approximate surface area is 114 Å². The summed E-state index contributed by atoms with van der Waals surface area (Å²) in [5.74, 6) is 0. The molecule has 0 bridgehead atoms. The minimum atomic E-state index is -0.435. The van der Waals surface area contributed by atoms with Crippen LogP contribution in [0.2, 0.25) is 0 Å². The summed E-state index contributed by atoms with van der Waals surface area (Å²) in [5, 5.41) is 0. The summed E-state index contributed by atoms with van der Waals surface area (Å²) in [4.78, 5) is 13.7. The van der Waals surface area contributed by atoms with Gasteiger partial charge in [0.1, 0.15) is 5.60 Å². The van der Waals surface area contributed by atoms with Gasteiger partial charge in [0.2, 0.25) is 0 Å². The lowest BCUT2D eigenvalue weighted by molar-refractivity contribution is 0.0270. The van der Waals surface area contributed by atoms with Crippen molar-refractivity contribution in [2.24, 2.45) is 0 Å². The predicted molar refractivity (Wildman–Crippen MR) is 75.7 cm³/mol. The van der Waals surface area contributed by atoms with E-state index >= 15 is 0 Å². The Morgan fingerprint density at radius 1 is 1.42 bits per heavy atom. The summed E-state index contributed by atoms with van der Waals surface area (Å²) in [6, 6.07) is 11.0. The summed E-state index contributed by atoms with van der Waals surface area (Å²) < 4.78 is 5.37. The molecule has 1 aromatic rings. The molecule has 3 nitrogen and oxygen atoms in total. The Morgan fingerprint density at radius 3 is 2.74 bits per heavy atom. The highest BCUT2D eigenvalue weighted by Gasteiger charge is 2.23. The standard InChI is InChI=1S/C16H20NO2/c1-16(2,3)19-15(18)17-11-9-14(10-12-17)13-7-5-4-6-8-13/h4-5,7-9H,10-12H2,1-3H3. The second kappa shape index (κ2) is 5.47. The van der Waals surface area contributed by atoms with Crippen molar-refractivity contribution in [3.8, 4) is 0 Å². The molecule has 19 heavy (non-hydrogen) atoms. The number of nitrogens with zero attached hydrogens (tertiary/aromatic N) is 1. The van der Waals surface area contributed by atoms with Crippen molar-refractivity contribution in [3.63, 3.8) is 0 Å². The van der Waals surface area contributed by atoms with E-state index in [1.54, 1.807) is 4.90 Å². The van der Waals surface area contributed by atoms with E-state index in [9.17, 15) is 4.79 Å². The fourth-order valence-electron chi connectivity index (χ4n) is 2.02. The van der Waals surface area contributed by atoms with E-state index in [-0.39, 0.29) is 6.09 Å². The zero-order valence-corrected chi connectivity index (χ0v) is 11.8. The second-order valence-corrected chi connectivity index (χ2v) is 5.70. The van der Waals surface area contributed by atoms with Crippen LogP contribution in [0.3, 0.4) is 0 Å². The van der Waals surface area contributed by atoms with E-state index in [1.165, 1.54) is 11.1 Å². The van der Waals surface area contributed by atoms with Gasteiger partial charge in [0, 0.05) is 13.1 Å². The molecule has 1 heterocycles. The van der Waals surface area contributed by atoms with Gasteiger partial charge in [-0.2, -0.15) is 0 Å². The minimum Gasteiger partial charge on any atom is -0.444 e. The van der Waals surface area contributed by atoms with E-state index in [1.807, 2.05) is 39.0 Å². The van der Waals surface area contributed by atoms with Crippen LogP contribution in [0.5, 0.6) is 0 Å². The number of benzene rings is 1. The average Bonchev–Trinajstić information content (AvgIpc) is 2.38. The SMILES string of the molecule is CC(C)(C)OC(=O)N1CC=C(c2c[c]ccc2)CC1. The van der Waals surface area contributed by atoms with Gasteiger partial charge in [-0.1, -0.05) is 24.3 Å². The lowest BCUT2D eigenvalue weighted by Crippen LogP contribution is -2.39. The number of hydrogen-bond acceptors (Lipinski definition) is 2. The largest absolute Gasteiger partial charge is 0.444 e. The van der Waals surface area contributed by atoms with Gasteiger partial charge in [0.05, 0.1) is 0 Å². The lowest BCUT2D eigenvalue weighted by Gasteiger charge is -2.29. The zero-order valence-electron chi connectivity index (χ0n) is 11.8. The molecule has 0 aliphatic carbocycles. The number of hydrogen-bond donors (Lipinski definition) is 0. The first-order chi connectivity index (χ1) is 8.96. The van der Waals surface area contributed by atoms with Crippen LogP contribution < -0.4 is 0 Å². The zero-order chi connectivity index (χ0) is 13.9. The second-order valence-electron chi connectivity index (χ2n) is 5.70. The van der Waals surface area contributed by atoms with Crippen LogP contribution >= 0.6 is 0 Å². The van der Waals surface area contributed by atoms with Crippen molar-refractivity contribution in [1.82, 2.24) is 4.90 Å². The van der Waals surface area contributed by atoms with Gasteiger partial charge in [0.15, 0.2) is 0 Å². The molecule has 2 rings (SSSR count). The van der Waals surface area contributed by atoms with Crippen LogP contribution in [-0.2, 0) is 4.74 Å². The molecule has 1 aliphatic rings. The summed E-state index contributed by atoms with van der Waals surface area (Å²) in [7, 11) is 0. The van der Waals surface area contributed by atoms with Gasteiger partial charge >= 0.3 is 6.09 Å². The smallest absolute Gasteiger partial charge is 0.410 e. The summed E-state index contributed by atoms with van der Waals surface area (Å²) >= 11 is 0. The fraction of sp³-hybridized carbons (Fsp3) is 0.438. The first-order valence-electron chi connectivity index (χ1n) is 6.59. The van der Waals surface area contributed by atoms with Gasteiger partial charge in [-0.05, 0) is 50.5 Å². The predicted octanol–water partition coefficient (Wildman–Crippen LogP) is 3.51. The number of carbonyl (C=O) groups is 1. The van der Waals surface area contributed by atoms with Gasteiger partial charge in [0.25, 0.3) is 0 Å². The Kier molecular flexibility index (Phi) is 3.93. The fourth-order valence-corrected chi connectivity index (χ4v) is 2.02. The first kappa shape index (κ1) is 13.7. The van der Waals surface area contributed by atoms with Crippen molar-refractivity contribution in [1.29, 1.82) is 0 Å². The van der Waals surface area contributed by atoms with E-state index in [0.717, 1.165) is 6.42 Å². The third-order valence-corrected chi connectivity index (χ3v) is 2.94. The van der Waals surface area contributed by atoms with E-state index < -0.39 is 5.60 Å². The minimum absolute atomic E-state index is 0.234. The van der Waals surface area contributed by atoms with Gasteiger partial charge in [-0.3, -0.25) is 0 Å². The molecule has 0 aromatic heterocycles. The van der Waals surface area contributed by atoms with Crippen LogP contribution in [-0.4, -0.2) is 29.7 Å². The normalized spacial score (nSPS) is 15.9. The number of rotatable bonds is 1. The van der Waals surface area contributed by atoms with Gasteiger partial charge in [-0.15, -0.1) is 0 Å². The van der Waals surface area contributed by atoms with Gasteiger partial charge < -0.3 is 9.64 Å². The topological polar surface area (TPSA) is 29.5 Å². The van der Waals surface area contributed by atoms with Crippen LogP contribution in [0.4, 0.5) is 4.79 Å². The molecule has 1 aromatic carbocycles. The highest BCUT2D eigenvalue weighted by Crippen LogP contribution is 2.22. The van der Waals surface area contributed by atoms with E-state index in [0.29, 0.717) is 13.1 Å². The number of amides is 1. The lowest BCUT2D eigenvalue weighted by atomic mass is 10.00. The molecule has 1 aliphatic heterocycles. The maximum atomic E-state index is 11.9. The summed E-state index contributed by atoms with van der Waals surface area (Å²) in [6.07, 6.45) is 2.72. The van der Waals surface area contributed by atoms with Crippen molar-refractivity contribution in [3.05, 3.63) is 42.0 Å². The van der Waals surface area contributed by atoms with E-state index in [2.05, 4.69) is 18.2 Å². The molecule has 1 radical (unpaired) electrons. The molecule has 0 spiro atoms. The average molecular weight is 258 g/mol. The molecular formula is C16H20NO2. The monoisotopic (exact) mass is 258 g/mol. The molecule has 0 N–H and O–H groups in total. The van der Waals surface area contributed by atoms with Crippen LogP contribution in [0.15, 0.2) is 30.3 Å². The quantitative estimate of drug-likeness (QED) is 0.771. The highest BCUT2D eigenvalue weighted by atomic mass is 16.6. The van der Waals surface area contributed by atoms with Crippen molar-refractivity contribution >= 4 is 11.7 Å². The Bertz CT molecular complexity index is 471. The third kappa shape index (κ3) is 3.85.